The molecule has 0 unspecified atom stereocenters. The molecule has 0 aromatic heterocycles. The van der Waals surface area contributed by atoms with E-state index in [-0.39, 0.29) is 29.2 Å². The third-order valence-corrected chi connectivity index (χ3v) is 4.62. The van der Waals surface area contributed by atoms with Crippen molar-refractivity contribution in [3.05, 3.63) is 71.3 Å². The largest absolute Gasteiger partial charge is 0.573 e. The van der Waals surface area contributed by atoms with Crippen LogP contribution in [0.2, 0.25) is 0 Å². The van der Waals surface area contributed by atoms with E-state index < -0.39 is 6.36 Å². The van der Waals surface area contributed by atoms with Gasteiger partial charge in [-0.1, -0.05) is 30.3 Å². The molecule has 30 heavy (non-hydrogen) atoms. The molecule has 0 saturated heterocycles. The zero-order valence-electron chi connectivity index (χ0n) is 16.3. The van der Waals surface area contributed by atoms with Crippen LogP contribution in [0.3, 0.4) is 0 Å². The number of alkyl halides is 3. The molecule has 1 aliphatic rings. The summed E-state index contributed by atoms with van der Waals surface area (Å²) >= 11 is 0. The van der Waals surface area contributed by atoms with Gasteiger partial charge in [0.05, 0.1) is 0 Å². The molecule has 0 bridgehead atoms. The molecule has 0 radical (unpaired) electrons. The molecule has 0 heterocycles. The van der Waals surface area contributed by atoms with Gasteiger partial charge in [-0.2, -0.15) is 0 Å². The number of halogens is 3. The molecule has 0 atom stereocenters. The number of benzene rings is 2. The van der Waals surface area contributed by atoms with Crippen molar-refractivity contribution in [1.29, 1.82) is 0 Å². The second kappa shape index (κ2) is 9.02. The van der Waals surface area contributed by atoms with E-state index in [0.717, 1.165) is 18.4 Å². The number of hydrogen-bond donors (Lipinski definition) is 1. The van der Waals surface area contributed by atoms with Crippen molar-refractivity contribution in [3.63, 3.8) is 0 Å². The summed E-state index contributed by atoms with van der Waals surface area (Å²) in [5, 5.41) is 2.55. The first-order chi connectivity index (χ1) is 14.3. The molecule has 0 spiro atoms. The van der Waals surface area contributed by atoms with Gasteiger partial charge in [-0.05, 0) is 42.7 Å². The molecule has 1 fully saturated rings. The van der Waals surface area contributed by atoms with Crippen molar-refractivity contribution < 1.29 is 27.5 Å². The number of carbonyl (C=O) groups is 2. The zero-order chi connectivity index (χ0) is 21.7. The molecule has 2 amide bonds. The number of carbonyl (C=O) groups excluding carboxylic acids is 2. The number of rotatable bonds is 7. The second-order valence-electron chi connectivity index (χ2n) is 6.89. The van der Waals surface area contributed by atoms with E-state index >= 15 is 0 Å². The highest BCUT2D eigenvalue weighted by molar-refractivity contribution is 5.94. The lowest BCUT2D eigenvalue weighted by Gasteiger charge is -2.21. The van der Waals surface area contributed by atoms with Gasteiger partial charge in [0.15, 0.2) is 0 Å². The Hall–Kier alpha value is -3.29. The van der Waals surface area contributed by atoms with Gasteiger partial charge < -0.3 is 15.0 Å². The Morgan fingerprint density at radius 2 is 1.80 bits per heavy atom. The molecule has 1 aliphatic carbocycles. The lowest BCUT2D eigenvalue weighted by atomic mass is 10.1. The van der Waals surface area contributed by atoms with E-state index in [1.807, 2.05) is 0 Å². The molecule has 3 rings (SSSR count). The second-order valence-corrected chi connectivity index (χ2v) is 6.89. The summed E-state index contributed by atoms with van der Waals surface area (Å²) in [5.41, 5.74) is 1.54. The average Bonchev–Trinajstić information content (AvgIpc) is 3.55. The van der Waals surface area contributed by atoms with Gasteiger partial charge in [0.2, 0.25) is 5.91 Å². The van der Waals surface area contributed by atoms with Crippen LogP contribution in [0.5, 0.6) is 5.75 Å². The third kappa shape index (κ3) is 5.85. The van der Waals surface area contributed by atoms with Gasteiger partial charge in [0.25, 0.3) is 5.91 Å². The maximum Gasteiger partial charge on any atom is 0.573 e. The lowest BCUT2D eigenvalue weighted by molar-refractivity contribution is -0.274. The minimum absolute atomic E-state index is 0.0995. The SMILES string of the molecule is CNC(=O)c1ccc(CN(C(=O)C=Cc2ccccc2OC(F)(F)F)C2CC2)cc1. The van der Waals surface area contributed by atoms with Crippen LogP contribution in [0.15, 0.2) is 54.6 Å². The van der Waals surface area contributed by atoms with E-state index in [1.54, 1.807) is 42.3 Å². The lowest BCUT2D eigenvalue weighted by Crippen LogP contribution is -2.31. The minimum atomic E-state index is -4.81. The summed E-state index contributed by atoms with van der Waals surface area (Å²) < 4.78 is 41.7. The highest BCUT2D eigenvalue weighted by atomic mass is 19.4. The van der Waals surface area contributed by atoms with Crippen LogP contribution in [-0.4, -0.2) is 36.2 Å². The van der Waals surface area contributed by atoms with Crippen LogP contribution in [0.4, 0.5) is 13.2 Å². The number of nitrogens with one attached hydrogen (secondary N) is 1. The van der Waals surface area contributed by atoms with Crippen molar-refractivity contribution >= 4 is 17.9 Å². The Morgan fingerprint density at radius 3 is 2.40 bits per heavy atom. The van der Waals surface area contributed by atoms with Gasteiger partial charge in [-0.25, -0.2) is 0 Å². The highest BCUT2D eigenvalue weighted by Crippen LogP contribution is 2.30. The molecule has 0 aliphatic heterocycles. The molecule has 8 heteroatoms. The van der Waals surface area contributed by atoms with E-state index in [9.17, 15) is 22.8 Å². The fraction of sp³-hybridized carbons (Fsp3) is 0.273. The maximum absolute atomic E-state index is 12.7. The Balaban J connectivity index is 1.72. The summed E-state index contributed by atoms with van der Waals surface area (Å²) in [4.78, 5) is 26.1. The van der Waals surface area contributed by atoms with Crippen molar-refractivity contribution in [3.8, 4) is 5.75 Å². The number of amides is 2. The molecule has 158 valence electrons. The smallest absolute Gasteiger partial charge is 0.405 e. The van der Waals surface area contributed by atoms with Gasteiger partial charge in [-0.3, -0.25) is 9.59 Å². The first kappa shape index (κ1) is 21.4. The van der Waals surface area contributed by atoms with Crippen LogP contribution < -0.4 is 10.1 Å². The molecule has 2 aromatic rings. The van der Waals surface area contributed by atoms with Crippen LogP contribution in [-0.2, 0) is 11.3 Å². The third-order valence-electron chi connectivity index (χ3n) is 4.62. The number of hydrogen-bond acceptors (Lipinski definition) is 3. The van der Waals surface area contributed by atoms with Crippen molar-refractivity contribution in [1.82, 2.24) is 10.2 Å². The van der Waals surface area contributed by atoms with Crippen LogP contribution in [0.1, 0.15) is 34.3 Å². The van der Waals surface area contributed by atoms with Gasteiger partial charge >= 0.3 is 6.36 Å². The molecule has 2 aromatic carbocycles. The zero-order valence-corrected chi connectivity index (χ0v) is 16.3. The normalized spacial score (nSPS) is 13.9. The van der Waals surface area contributed by atoms with Crippen molar-refractivity contribution in [2.45, 2.75) is 31.8 Å². The molecule has 5 nitrogen and oxygen atoms in total. The fourth-order valence-corrected chi connectivity index (χ4v) is 2.97. The van der Waals surface area contributed by atoms with Crippen molar-refractivity contribution in [2.75, 3.05) is 7.05 Å². The molecule has 1 N–H and O–H groups in total. The van der Waals surface area contributed by atoms with Crippen molar-refractivity contribution in [2.24, 2.45) is 0 Å². The van der Waals surface area contributed by atoms with E-state index in [2.05, 4.69) is 10.1 Å². The number of para-hydroxylation sites is 1. The van der Waals surface area contributed by atoms with Crippen LogP contribution in [0, 0.1) is 0 Å². The maximum atomic E-state index is 12.7. The summed E-state index contributed by atoms with van der Waals surface area (Å²) in [6, 6.07) is 12.7. The summed E-state index contributed by atoms with van der Waals surface area (Å²) in [6.45, 7) is 0.350. The van der Waals surface area contributed by atoms with Crippen LogP contribution in [0.25, 0.3) is 6.08 Å². The molecular formula is C22H21F3N2O3. The quantitative estimate of drug-likeness (QED) is 0.688. The topological polar surface area (TPSA) is 58.6 Å². The Morgan fingerprint density at radius 1 is 1.13 bits per heavy atom. The van der Waals surface area contributed by atoms with Gasteiger partial charge in [0, 0.05) is 36.8 Å². The first-order valence-corrected chi connectivity index (χ1v) is 9.41. The average molecular weight is 418 g/mol. The number of nitrogens with zero attached hydrogens (tertiary/aromatic N) is 1. The fourth-order valence-electron chi connectivity index (χ4n) is 2.97. The first-order valence-electron chi connectivity index (χ1n) is 9.41. The Labute approximate surface area is 172 Å². The molecule has 1 saturated carbocycles. The Kier molecular flexibility index (Phi) is 6.44. The monoisotopic (exact) mass is 418 g/mol. The summed E-state index contributed by atoms with van der Waals surface area (Å²) in [5.74, 6) is -0.856. The minimum Gasteiger partial charge on any atom is -0.405 e. The summed E-state index contributed by atoms with van der Waals surface area (Å²) in [7, 11) is 1.55. The standard InChI is InChI=1S/C22H21F3N2O3/c1-26-21(29)17-8-6-15(7-9-17)14-27(18-11-12-18)20(28)13-10-16-4-2-3-5-19(16)30-22(23,24)25/h2-10,13,18H,11-12,14H2,1H3,(H,26,29). The predicted molar refractivity (Wildman–Crippen MR) is 106 cm³/mol. The van der Waals surface area contributed by atoms with E-state index in [1.165, 1.54) is 30.4 Å². The predicted octanol–water partition coefficient (Wildman–Crippen LogP) is 4.15. The molecular weight excluding hydrogens is 397 g/mol. The van der Waals surface area contributed by atoms with E-state index in [4.69, 9.17) is 0 Å². The summed E-state index contributed by atoms with van der Waals surface area (Å²) in [6.07, 6.45) is -0.467. The van der Waals surface area contributed by atoms with Gasteiger partial charge in [-0.15, -0.1) is 13.2 Å². The van der Waals surface area contributed by atoms with Crippen LogP contribution >= 0.6 is 0 Å². The number of ether oxygens (including phenoxy) is 1. The highest BCUT2D eigenvalue weighted by Gasteiger charge is 2.33. The Bertz CT molecular complexity index is 935. The van der Waals surface area contributed by atoms with E-state index in [0.29, 0.717) is 12.1 Å². The van der Waals surface area contributed by atoms with Gasteiger partial charge in [0.1, 0.15) is 5.75 Å².